The van der Waals surface area contributed by atoms with Gasteiger partial charge in [-0.2, -0.15) is 5.10 Å². The second-order valence-electron chi connectivity index (χ2n) is 6.30. The van der Waals surface area contributed by atoms with E-state index >= 15 is 0 Å². The van der Waals surface area contributed by atoms with Gasteiger partial charge in [-0.3, -0.25) is 10.00 Å². The lowest BCUT2D eigenvalue weighted by Crippen LogP contribution is -2.28. The fourth-order valence-corrected chi connectivity index (χ4v) is 3.53. The van der Waals surface area contributed by atoms with Crippen LogP contribution < -0.4 is 5.32 Å². The molecule has 3 rings (SSSR count). The largest absolute Gasteiger partial charge is 0.312 e. The fourth-order valence-electron chi connectivity index (χ4n) is 3.41. The Bertz CT molecular complexity index is 672. The predicted octanol–water partition coefficient (Wildman–Crippen LogP) is 3.29. The maximum absolute atomic E-state index is 13.8. The van der Waals surface area contributed by atoms with Crippen molar-refractivity contribution in [2.24, 2.45) is 5.92 Å². The van der Waals surface area contributed by atoms with Crippen molar-refractivity contribution < 1.29 is 4.39 Å². The zero-order valence-corrected chi connectivity index (χ0v) is 14.2. The highest BCUT2D eigenvalue weighted by Gasteiger charge is 2.33. The predicted molar refractivity (Wildman–Crippen MR) is 89.9 cm³/mol. The van der Waals surface area contributed by atoms with Crippen LogP contribution in [0.2, 0.25) is 5.02 Å². The van der Waals surface area contributed by atoms with Crippen LogP contribution in [0.3, 0.4) is 0 Å². The fraction of sp³-hybridized carbons (Fsp3) is 0.471. The van der Waals surface area contributed by atoms with Gasteiger partial charge in [0.05, 0.1) is 11.2 Å². The van der Waals surface area contributed by atoms with E-state index in [4.69, 9.17) is 11.6 Å². The summed E-state index contributed by atoms with van der Waals surface area (Å²) in [6.45, 7) is 4.73. The summed E-state index contributed by atoms with van der Waals surface area (Å²) in [6.07, 6.45) is 2.96. The first-order chi connectivity index (χ1) is 11.1. The van der Waals surface area contributed by atoms with Crippen molar-refractivity contribution >= 4 is 11.6 Å². The number of halogens is 2. The minimum absolute atomic E-state index is 0.180. The van der Waals surface area contributed by atoms with Crippen LogP contribution in [-0.4, -0.2) is 35.2 Å². The SMILES string of the molecule is Cc1[nH]ncc1CNC[C@@H]1CCN(C)[C@H]1c1ccc(Cl)c(F)c1. The van der Waals surface area contributed by atoms with Gasteiger partial charge in [-0.25, -0.2) is 4.39 Å². The highest BCUT2D eigenvalue weighted by Crippen LogP contribution is 2.36. The number of hydrogen-bond acceptors (Lipinski definition) is 3. The summed E-state index contributed by atoms with van der Waals surface area (Å²) in [6, 6.07) is 5.38. The standard InChI is InChI=1S/C17H22ClFN4/c1-11-14(10-21-22-11)9-20-8-13-5-6-23(2)17(13)12-3-4-15(18)16(19)7-12/h3-4,7,10,13,17,20H,5-6,8-9H2,1-2H3,(H,21,22)/t13-,17-/m0/s1. The number of nitrogens with one attached hydrogen (secondary N) is 2. The summed E-state index contributed by atoms with van der Waals surface area (Å²) >= 11 is 5.81. The number of likely N-dealkylation sites (tertiary alicyclic amines) is 1. The molecule has 2 N–H and O–H groups in total. The van der Waals surface area contributed by atoms with Gasteiger partial charge in [0.1, 0.15) is 5.82 Å². The quantitative estimate of drug-likeness (QED) is 0.880. The van der Waals surface area contributed by atoms with Gasteiger partial charge in [-0.1, -0.05) is 17.7 Å². The first-order valence-corrected chi connectivity index (χ1v) is 8.29. The number of aromatic amines is 1. The highest BCUT2D eigenvalue weighted by molar-refractivity contribution is 6.30. The summed E-state index contributed by atoms with van der Waals surface area (Å²) in [5, 5.41) is 10.7. The molecule has 0 saturated carbocycles. The third-order valence-electron chi connectivity index (χ3n) is 4.72. The normalized spacial score (nSPS) is 21.9. The van der Waals surface area contributed by atoms with Crippen molar-refractivity contribution in [1.29, 1.82) is 0 Å². The van der Waals surface area contributed by atoms with E-state index in [0.717, 1.165) is 37.3 Å². The third kappa shape index (κ3) is 3.57. The molecule has 23 heavy (non-hydrogen) atoms. The van der Waals surface area contributed by atoms with E-state index in [-0.39, 0.29) is 16.9 Å². The van der Waals surface area contributed by atoms with E-state index in [1.807, 2.05) is 19.2 Å². The van der Waals surface area contributed by atoms with E-state index in [1.54, 1.807) is 12.1 Å². The monoisotopic (exact) mass is 336 g/mol. The summed E-state index contributed by atoms with van der Waals surface area (Å²) < 4.78 is 13.8. The smallest absolute Gasteiger partial charge is 0.142 e. The lowest BCUT2D eigenvalue weighted by molar-refractivity contribution is 0.271. The summed E-state index contributed by atoms with van der Waals surface area (Å²) in [4.78, 5) is 2.29. The summed E-state index contributed by atoms with van der Waals surface area (Å²) in [7, 11) is 2.09. The molecule has 1 aliphatic rings. The molecule has 2 atom stereocenters. The molecular weight excluding hydrogens is 315 g/mol. The molecule has 0 radical (unpaired) electrons. The highest BCUT2D eigenvalue weighted by atomic mass is 35.5. The van der Waals surface area contributed by atoms with Gasteiger partial charge in [0.2, 0.25) is 0 Å². The van der Waals surface area contributed by atoms with E-state index in [2.05, 4.69) is 27.5 Å². The van der Waals surface area contributed by atoms with Gasteiger partial charge >= 0.3 is 0 Å². The van der Waals surface area contributed by atoms with Crippen molar-refractivity contribution in [2.45, 2.75) is 25.9 Å². The maximum atomic E-state index is 13.8. The summed E-state index contributed by atoms with van der Waals surface area (Å²) in [5.74, 6) is 0.109. The second-order valence-corrected chi connectivity index (χ2v) is 6.71. The molecule has 0 unspecified atom stereocenters. The Balaban J connectivity index is 1.66. The molecule has 124 valence electrons. The number of benzene rings is 1. The van der Waals surface area contributed by atoms with Gasteiger partial charge in [0.15, 0.2) is 0 Å². The van der Waals surface area contributed by atoms with Crippen LogP contribution in [0.5, 0.6) is 0 Å². The average molecular weight is 337 g/mol. The Labute approximate surface area is 141 Å². The van der Waals surface area contributed by atoms with E-state index in [0.29, 0.717) is 5.92 Å². The molecule has 1 aromatic carbocycles. The Hall–Kier alpha value is -1.43. The van der Waals surface area contributed by atoms with Gasteiger partial charge in [0.25, 0.3) is 0 Å². The first kappa shape index (κ1) is 16.4. The molecule has 1 saturated heterocycles. The Morgan fingerprint density at radius 3 is 3.00 bits per heavy atom. The number of hydrogen-bond donors (Lipinski definition) is 2. The van der Waals surface area contributed by atoms with Crippen LogP contribution in [-0.2, 0) is 6.54 Å². The minimum atomic E-state index is -0.342. The molecule has 0 aliphatic carbocycles. The minimum Gasteiger partial charge on any atom is -0.312 e. The van der Waals surface area contributed by atoms with E-state index in [1.165, 1.54) is 5.56 Å². The molecule has 2 heterocycles. The first-order valence-electron chi connectivity index (χ1n) is 7.91. The van der Waals surface area contributed by atoms with Crippen molar-refractivity contribution in [3.8, 4) is 0 Å². The van der Waals surface area contributed by atoms with Crippen LogP contribution in [0.4, 0.5) is 4.39 Å². The topological polar surface area (TPSA) is 44.0 Å². The lowest BCUT2D eigenvalue weighted by Gasteiger charge is -2.26. The Morgan fingerprint density at radius 1 is 1.48 bits per heavy atom. The van der Waals surface area contributed by atoms with E-state index in [9.17, 15) is 4.39 Å². The molecule has 1 fully saturated rings. The van der Waals surface area contributed by atoms with Crippen LogP contribution in [0.1, 0.15) is 29.3 Å². The zero-order valence-electron chi connectivity index (χ0n) is 13.4. The van der Waals surface area contributed by atoms with Crippen molar-refractivity contribution in [2.75, 3.05) is 20.1 Å². The van der Waals surface area contributed by atoms with Crippen LogP contribution >= 0.6 is 11.6 Å². The number of rotatable bonds is 5. The van der Waals surface area contributed by atoms with Crippen molar-refractivity contribution in [3.63, 3.8) is 0 Å². The summed E-state index contributed by atoms with van der Waals surface area (Å²) in [5.41, 5.74) is 3.28. The molecule has 6 heteroatoms. The lowest BCUT2D eigenvalue weighted by atomic mass is 9.93. The maximum Gasteiger partial charge on any atom is 0.142 e. The van der Waals surface area contributed by atoms with Crippen molar-refractivity contribution in [1.82, 2.24) is 20.4 Å². The Kier molecular flexibility index (Phi) is 4.99. The zero-order chi connectivity index (χ0) is 16.4. The second kappa shape index (κ2) is 6.99. The molecular formula is C17H22ClFN4. The van der Waals surface area contributed by atoms with E-state index < -0.39 is 0 Å². The average Bonchev–Trinajstić information content (AvgIpc) is 3.09. The van der Waals surface area contributed by atoms with Crippen LogP contribution in [0, 0.1) is 18.7 Å². The van der Waals surface area contributed by atoms with Gasteiger partial charge < -0.3 is 5.32 Å². The molecule has 2 aromatic rings. The van der Waals surface area contributed by atoms with Crippen LogP contribution in [0.25, 0.3) is 0 Å². The number of aryl methyl sites for hydroxylation is 1. The van der Waals surface area contributed by atoms with Crippen molar-refractivity contribution in [3.05, 3.63) is 52.1 Å². The molecule has 0 bridgehead atoms. The molecule has 0 spiro atoms. The van der Waals surface area contributed by atoms with Gasteiger partial charge in [-0.05, 0) is 50.6 Å². The Morgan fingerprint density at radius 2 is 2.30 bits per heavy atom. The molecule has 0 amide bonds. The third-order valence-corrected chi connectivity index (χ3v) is 5.02. The molecule has 4 nitrogen and oxygen atoms in total. The molecule has 1 aromatic heterocycles. The number of H-pyrrole nitrogens is 1. The number of aromatic nitrogens is 2. The van der Waals surface area contributed by atoms with Gasteiger partial charge in [-0.15, -0.1) is 0 Å². The van der Waals surface area contributed by atoms with Gasteiger partial charge in [0, 0.05) is 30.4 Å². The number of nitrogens with zero attached hydrogens (tertiary/aromatic N) is 2. The molecule has 1 aliphatic heterocycles. The van der Waals surface area contributed by atoms with Crippen LogP contribution in [0.15, 0.2) is 24.4 Å².